The van der Waals surface area contributed by atoms with Gasteiger partial charge >= 0.3 is 18.9 Å². The standard InChI is InChI=1S/C8H5.Li/c1-3-7-5-2-6-8(7)4-1;/h1-5H;/q-1;+1. The van der Waals surface area contributed by atoms with Gasteiger partial charge in [-0.2, -0.15) is 17.7 Å². The fourth-order valence-electron chi connectivity index (χ4n) is 0.932. The molecule has 1 heteroatoms. The number of hydrogen-bond acceptors (Lipinski definition) is 0. The average molecular weight is 108 g/mol. The van der Waals surface area contributed by atoms with E-state index in [0.717, 1.165) is 0 Å². The molecule has 2 aliphatic carbocycles. The molecule has 0 bridgehead atoms. The van der Waals surface area contributed by atoms with Gasteiger partial charge in [0.15, 0.2) is 0 Å². The van der Waals surface area contributed by atoms with Crippen LogP contribution in [-0.2, 0) is 0 Å². The van der Waals surface area contributed by atoms with Crippen molar-refractivity contribution < 1.29 is 18.9 Å². The normalized spacial score (nSPS) is 18.7. The Morgan fingerprint density at radius 1 is 1.22 bits per heavy atom. The minimum Gasteiger partial charge on any atom is -0.168 e. The molecule has 0 aliphatic heterocycles. The van der Waals surface area contributed by atoms with Gasteiger partial charge in [-0.25, -0.2) is 0 Å². The predicted octanol–water partition coefficient (Wildman–Crippen LogP) is -1.21. The molecule has 0 atom stereocenters. The first-order chi connectivity index (χ1) is 3.97. The van der Waals surface area contributed by atoms with Crippen molar-refractivity contribution >= 4 is 0 Å². The van der Waals surface area contributed by atoms with Crippen LogP contribution in [0.3, 0.4) is 0 Å². The molecule has 38 valence electrons. The molecule has 0 fully saturated rings. The molecule has 9 heavy (non-hydrogen) atoms. The summed E-state index contributed by atoms with van der Waals surface area (Å²) < 4.78 is 0. The molecule has 0 aromatic heterocycles. The number of fused-ring (bicyclic) bond motifs is 1. The summed E-state index contributed by atoms with van der Waals surface area (Å²) in [6, 6.07) is 0. The van der Waals surface area contributed by atoms with E-state index in [1.165, 1.54) is 11.1 Å². The van der Waals surface area contributed by atoms with Crippen molar-refractivity contribution in [3.8, 4) is 0 Å². The first-order valence-corrected chi connectivity index (χ1v) is 2.65. The molecule has 2 aliphatic rings. The van der Waals surface area contributed by atoms with Crippen LogP contribution >= 0.6 is 0 Å². The van der Waals surface area contributed by atoms with Crippen molar-refractivity contribution in [2.24, 2.45) is 0 Å². The van der Waals surface area contributed by atoms with E-state index < -0.39 is 0 Å². The van der Waals surface area contributed by atoms with E-state index in [-0.39, 0.29) is 18.9 Å². The smallest absolute Gasteiger partial charge is 0.168 e. The summed E-state index contributed by atoms with van der Waals surface area (Å²) in [6.45, 7) is 0. The van der Waals surface area contributed by atoms with Crippen molar-refractivity contribution in [1.82, 2.24) is 0 Å². The van der Waals surface area contributed by atoms with Crippen molar-refractivity contribution in [1.29, 1.82) is 0 Å². The van der Waals surface area contributed by atoms with E-state index >= 15 is 0 Å². The van der Waals surface area contributed by atoms with Crippen LogP contribution in [-0.4, -0.2) is 0 Å². The molecule has 0 spiro atoms. The number of hydrogen-bond donors (Lipinski definition) is 0. The molecule has 2 rings (SSSR count). The van der Waals surface area contributed by atoms with E-state index in [9.17, 15) is 0 Å². The Kier molecular flexibility index (Phi) is 1.80. The van der Waals surface area contributed by atoms with Crippen molar-refractivity contribution in [2.45, 2.75) is 0 Å². The van der Waals surface area contributed by atoms with Crippen molar-refractivity contribution in [2.75, 3.05) is 0 Å². The Hall–Kier alpha value is -0.443. The molecule has 0 N–H and O–H groups in total. The Balaban J connectivity index is 0.000000405. The van der Waals surface area contributed by atoms with E-state index in [2.05, 4.69) is 24.3 Å². The summed E-state index contributed by atoms with van der Waals surface area (Å²) in [5.74, 6) is 0. The third-order valence-electron chi connectivity index (χ3n) is 1.35. The van der Waals surface area contributed by atoms with E-state index in [0.29, 0.717) is 0 Å². The summed E-state index contributed by atoms with van der Waals surface area (Å²) in [6.07, 6.45) is 13.3. The predicted molar refractivity (Wildman–Crippen MR) is 33.1 cm³/mol. The largest absolute Gasteiger partial charge is 1.00 e. The zero-order valence-corrected chi connectivity index (χ0v) is 5.39. The van der Waals surface area contributed by atoms with E-state index in [1.807, 2.05) is 12.2 Å². The van der Waals surface area contributed by atoms with Gasteiger partial charge < -0.3 is 0 Å². The zero-order valence-electron chi connectivity index (χ0n) is 5.39. The van der Waals surface area contributed by atoms with Gasteiger partial charge in [0, 0.05) is 0 Å². The number of allylic oxidation sites excluding steroid dienone is 8. The minimum atomic E-state index is 0. The van der Waals surface area contributed by atoms with Gasteiger partial charge in [0.05, 0.1) is 0 Å². The van der Waals surface area contributed by atoms with Crippen LogP contribution in [0.5, 0.6) is 0 Å². The monoisotopic (exact) mass is 108 g/mol. The molecule has 0 nitrogen and oxygen atoms in total. The third-order valence-corrected chi connectivity index (χ3v) is 1.35. The fraction of sp³-hybridized carbons (Fsp3) is 0. The molecular formula is C8H5Li. The van der Waals surface area contributed by atoms with Crippen LogP contribution in [0.4, 0.5) is 0 Å². The van der Waals surface area contributed by atoms with Gasteiger partial charge in [0.1, 0.15) is 0 Å². The second-order valence-corrected chi connectivity index (χ2v) is 1.87. The first-order valence-electron chi connectivity index (χ1n) is 2.65. The minimum absolute atomic E-state index is 0. The summed E-state index contributed by atoms with van der Waals surface area (Å²) >= 11 is 0. The van der Waals surface area contributed by atoms with Gasteiger partial charge in [-0.3, -0.25) is 0 Å². The summed E-state index contributed by atoms with van der Waals surface area (Å²) in [5.41, 5.74) is 2.52. The van der Waals surface area contributed by atoms with Crippen LogP contribution in [0.1, 0.15) is 0 Å². The molecule has 0 heterocycles. The van der Waals surface area contributed by atoms with Gasteiger partial charge in [0.25, 0.3) is 0 Å². The van der Waals surface area contributed by atoms with Crippen LogP contribution in [0.15, 0.2) is 41.5 Å². The topological polar surface area (TPSA) is 0 Å². The molecule has 0 saturated carbocycles. The maximum Gasteiger partial charge on any atom is 1.00 e. The Labute approximate surface area is 66.8 Å². The van der Waals surface area contributed by atoms with Crippen molar-refractivity contribution in [3.63, 3.8) is 0 Å². The maximum absolute atomic E-state index is 3.10. The second-order valence-electron chi connectivity index (χ2n) is 1.87. The number of rotatable bonds is 0. The van der Waals surface area contributed by atoms with Gasteiger partial charge in [-0.15, -0.1) is 29.9 Å². The van der Waals surface area contributed by atoms with E-state index in [1.54, 1.807) is 0 Å². The Morgan fingerprint density at radius 3 is 2.89 bits per heavy atom. The zero-order chi connectivity index (χ0) is 5.40. The summed E-state index contributed by atoms with van der Waals surface area (Å²) in [7, 11) is 0. The Morgan fingerprint density at radius 2 is 2.11 bits per heavy atom. The first kappa shape index (κ1) is 6.67. The molecular weight excluding hydrogens is 103 g/mol. The molecule has 0 amide bonds. The summed E-state index contributed by atoms with van der Waals surface area (Å²) in [4.78, 5) is 0. The van der Waals surface area contributed by atoms with E-state index in [4.69, 9.17) is 0 Å². The third kappa shape index (κ3) is 0.964. The van der Waals surface area contributed by atoms with Gasteiger partial charge in [0.2, 0.25) is 0 Å². The van der Waals surface area contributed by atoms with Crippen molar-refractivity contribution in [3.05, 3.63) is 47.6 Å². The maximum atomic E-state index is 3.10. The van der Waals surface area contributed by atoms with Crippen LogP contribution in [0.2, 0.25) is 0 Å². The fourth-order valence-corrected chi connectivity index (χ4v) is 0.932. The van der Waals surface area contributed by atoms with Gasteiger partial charge in [-0.1, -0.05) is 0 Å². The van der Waals surface area contributed by atoms with Crippen LogP contribution < -0.4 is 18.9 Å². The van der Waals surface area contributed by atoms with Crippen LogP contribution in [0.25, 0.3) is 0 Å². The van der Waals surface area contributed by atoms with Crippen LogP contribution in [0, 0.1) is 6.08 Å². The quantitative estimate of drug-likeness (QED) is 0.270. The average Bonchev–Trinajstić information content (AvgIpc) is 2.15. The van der Waals surface area contributed by atoms with Gasteiger partial charge in [-0.05, 0) is 0 Å². The molecule has 0 radical (unpaired) electrons. The molecule has 0 aromatic carbocycles. The molecule has 0 unspecified atom stereocenters. The second kappa shape index (κ2) is 2.43. The molecule has 0 saturated heterocycles. The SMILES string of the molecule is [C-]1=CC=C2C=CC=C12.[Li+]. The molecule has 0 aromatic rings. The Bertz CT molecular complexity index is 203. The summed E-state index contributed by atoms with van der Waals surface area (Å²) in [5, 5.41) is 0.